The van der Waals surface area contributed by atoms with Gasteiger partial charge in [-0.25, -0.2) is 18.1 Å². The number of methoxy groups -OCH3 is 2. The topological polar surface area (TPSA) is 99.7 Å². The van der Waals surface area contributed by atoms with Gasteiger partial charge in [0.05, 0.1) is 20.9 Å². The zero-order valence-corrected chi connectivity index (χ0v) is 19.3. The summed E-state index contributed by atoms with van der Waals surface area (Å²) in [6.45, 7) is 1.33. The molecule has 3 amide bonds. The van der Waals surface area contributed by atoms with Crippen LogP contribution >= 0.6 is 0 Å². The predicted molar refractivity (Wildman–Crippen MR) is 121 cm³/mol. The van der Waals surface area contributed by atoms with E-state index >= 15 is 0 Å². The maximum absolute atomic E-state index is 13.2. The Kier molecular flexibility index (Phi) is 6.54. The monoisotopic (exact) mass is 474 g/mol. The van der Waals surface area contributed by atoms with Crippen molar-refractivity contribution in [3.63, 3.8) is 0 Å². The quantitative estimate of drug-likeness (QED) is 0.560. The van der Waals surface area contributed by atoms with E-state index < -0.39 is 10.0 Å². The first-order chi connectivity index (χ1) is 15.8. The molecule has 0 aliphatic carbocycles. The summed E-state index contributed by atoms with van der Waals surface area (Å²) < 4.78 is 38.3. The first kappa shape index (κ1) is 23.0. The van der Waals surface area contributed by atoms with Crippen molar-refractivity contribution in [1.29, 1.82) is 0 Å². The zero-order valence-electron chi connectivity index (χ0n) is 18.5. The number of rotatable bonds is 7. The molecule has 10 nitrogen and oxygen atoms in total. The minimum atomic E-state index is -3.81. The first-order valence-electron chi connectivity index (χ1n) is 10.5. The van der Waals surface area contributed by atoms with Crippen LogP contribution in [0.4, 0.5) is 10.5 Å². The third kappa shape index (κ3) is 4.52. The molecule has 2 heterocycles. The number of urea groups is 1. The smallest absolute Gasteiger partial charge is 0.332 e. The third-order valence-electron chi connectivity index (χ3n) is 5.79. The standard InChI is InChI=1S/C22H26N4O6S/c1-31-18-8-9-19(32-2)20(14-18)33(29,30)24-12-10-23(11-13-24)16-26-21(27)15-25(22(26)28)17-6-4-3-5-7-17/h3-9,14H,10-13,15-16H2,1-2H3. The summed E-state index contributed by atoms with van der Waals surface area (Å²) in [6.07, 6.45) is 0. The van der Waals surface area contributed by atoms with E-state index in [2.05, 4.69) is 0 Å². The lowest BCUT2D eigenvalue weighted by atomic mass is 10.3. The van der Waals surface area contributed by atoms with Crippen molar-refractivity contribution in [3.05, 3.63) is 48.5 Å². The fourth-order valence-corrected chi connectivity index (χ4v) is 5.52. The molecule has 2 aliphatic heterocycles. The highest BCUT2D eigenvalue weighted by Crippen LogP contribution is 2.31. The largest absolute Gasteiger partial charge is 0.497 e. The van der Waals surface area contributed by atoms with Crippen LogP contribution in [0.5, 0.6) is 11.5 Å². The molecule has 0 saturated carbocycles. The average molecular weight is 475 g/mol. The van der Waals surface area contributed by atoms with Crippen molar-refractivity contribution < 1.29 is 27.5 Å². The summed E-state index contributed by atoms with van der Waals surface area (Å²) in [5, 5.41) is 0. The van der Waals surface area contributed by atoms with Crippen LogP contribution < -0.4 is 14.4 Å². The first-order valence-corrected chi connectivity index (χ1v) is 11.9. The Hall–Kier alpha value is -3.15. The lowest BCUT2D eigenvalue weighted by Gasteiger charge is -2.35. The van der Waals surface area contributed by atoms with Gasteiger partial charge >= 0.3 is 6.03 Å². The normalized spacial score (nSPS) is 18.1. The summed E-state index contributed by atoms with van der Waals surface area (Å²) in [6, 6.07) is 13.3. The molecule has 2 saturated heterocycles. The SMILES string of the molecule is COc1ccc(OC)c(S(=O)(=O)N2CCN(CN3C(=O)CN(c4ccccc4)C3=O)CC2)c1. The number of hydrogen-bond acceptors (Lipinski definition) is 7. The fraction of sp³-hybridized carbons (Fsp3) is 0.364. The number of sulfonamides is 1. The Morgan fingerprint density at radius 2 is 1.61 bits per heavy atom. The highest BCUT2D eigenvalue weighted by Gasteiger charge is 2.39. The number of hydrogen-bond donors (Lipinski definition) is 0. The lowest BCUT2D eigenvalue weighted by Crippen LogP contribution is -2.52. The van der Waals surface area contributed by atoms with Crippen LogP contribution in [0.1, 0.15) is 0 Å². The van der Waals surface area contributed by atoms with Gasteiger partial charge in [0, 0.05) is 37.9 Å². The second-order valence-corrected chi connectivity index (χ2v) is 9.61. The molecular weight excluding hydrogens is 448 g/mol. The predicted octanol–water partition coefficient (Wildman–Crippen LogP) is 1.44. The van der Waals surface area contributed by atoms with Gasteiger partial charge in [-0.05, 0) is 24.3 Å². The van der Waals surface area contributed by atoms with E-state index in [1.54, 1.807) is 24.3 Å². The Morgan fingerprint density at radius 1 is 0.909 bits per heavy atom. The van der Waals surface area contributed by atoms with Gasteiger partial charge in [0.1, 0.15) is 22.9 Å². The molecule has 2 fully saturated rings. The lowest BCUT2D eigenvalue weighted by molar-refractivity contribution is -0.126. The maximum atomic E-state index is 13.2. The number of carbonyl (C=O) groups is 2. The van der Waals surface area contributed by atoms with Gasteiger partial charge < -0.3 is 9.47 Å². The molecule has 0 spiro atoms. The molecule has 11 heteroatoms. The van der Waals surface area contributed by atoms with Gasteiger partial charge in [-0.1, -0.05) is 18.2 Å². The van der Waals surface area contributed by atoms with Crippen molar-refractivity contribution in [2.24, 2.45) is 0 Å². The number of imide groups is 1. The highest BCUT2D eigenvalue weighted by atomic mass is 32.2. The Balaban J connectivity index is 1.41. The van der Waals surface area contributed by atoms with E-state index in [0.29, 0.717) is 24.5 Å². The van der Waals surface area contributed by atoms with Crippen molar-refractivity contribution in [2.75, 3.05) is 58.5 Å². The van der Waals surface area contributed by atoms with E-state index in [-0.39, 0.29) is 48.9 Å². The molecule has 2 aromatic rings. The van der Waals surface area contributed by atoms with Crippen molar-refractivity contribution >= 4 is 27.6 Å². The van der Waals surface area contributed by atoms with E-state index in [4.69, 9.17) is 9.47 Å². The van der Waals surface area contributed by atoms with Crippen LogP contribution in [0.2, 0.25) is 0 Å². The third-order valence-corrected chi connectivity index (χ3v) is 7.71. The molecule has 0 radical (unpaired) electrons. The Labute approximate surface area is 192 Å². The summed E-state index contributed by atoms with van der Waals surface area (Å²) in [5.74, 6) is 0.384. The average Bonchev–Trinajstić information content (AvgIpc) is 3.12. The Morgan fingerprint density at radius 3 is 2.24 bits per heavy atom. The summed E-state index contributed by atoms with van der Waals surface area (Å²) in [5.41, 5.74) is 0.668. The number of carbonyl (C=O) groups excluding carboxylic acids is 2. The second-order valence-electron chi connectivity index (χ2n) is 7.71. The van der Waals surface area contributed by atoms with Crippen LogP contribution in [0.25, 0.3) is 0 Å². The number of piperazine rings is 1. The van der Waals surface area contributed by atoms with E-state index in [9.17, 15) is 18.0 Å². The summed E-state index contributed by atoms with van der Waals surface area (Å²) in [4.78, 5) is 29.9. The van der Waals surface area contributed by atoms with Gasteiger partial charge in [0.2, 0.25) is 10.0 Å². The van der Waals surface area contributed by atoms with Gasteiger partial charge in [-0.2, -0.15) is 4.31 Å². The minimum absolute atomic E-state index is 0.00712. The van der Waals surface area contributed by atoms with E-state index in [1.807, 2.05) is 23.1 Å². The summed E-state index contributed by atoms with van der Waals surface area (Å²) in [7, 11) is -0.921. The number of ether oxygens (including phenoxy) is 2. The van der Waals surface area contributed by atoms with Crippen LogP contribution in [-0.2, 0) is 14.8 Å². The number of anilines is 1. The van der Waals surface area contributed by atoms with Crippen molar-refractivity contribution in [3.8, 4) is 11.5 Å². The number of para-hydroxylation sites is 1. The Bertz CT molecular complexity index is 1130. The number of benzene rings is 2. The van der Waals surface area contributed by atoms with Crippen LogP contribution in [0.15, 0.2) is 53.4 Å². The van der Waals surface area contributed by atoms with Gasteiger partial charge in [0.25, 0.3) is 5.91 Å². The van der Waals surface area contributed by atoms with E-state index in [0.717, 1.165) is 0 Å². The van der Waals surface area contributed by atoms with Crippen LogP contribution in [-0.4, -0.2) is 88.1 Å². The summed E-state index contributed by atoms with van der Waals surface area (Å²) >= 11 is 0. The number of amides is 3. The highest BCUT2D eigenvalue weighted by molar-refractivity contribution is 7.89. The molecule has 0 bridgehead atoms. The molecule has 2 aliphatic rings. The van der Waals surface area contributed by atoms with Crippen molar-refractivity contribution in [2.45, 2.75) is 4.90 Å². The van der Waals surface area contributed by atoms with Crippen LogP contribution in [0.3, 0.4) is 0 Å². The molecule has 176 valence electrons. The zero-order chi connectivity index (χ0) is 23.6. The van der Waals surface area contributed by atoms with Gasteiger partial charge in [-0.15, -0.1) is 0 Å². The van der Waals surface area contributed by atoms with Crippen LogP contribution in [0, 0.1) is 0 Å². The van der Waals surface area contributed by atoms with E-state index in [1.165, 1.54) is 34.4 Å². The molecule has 33 heavy (non-hydrogen) atoms. The van der Waals surface area contributed by atoms with Gasteiger partial charge in [0.15, 0.2) is 0 Å². The molecule has 4 rings (SSSR count). The van der Waals surface area contributed by atoms with Gasteiger partial charge in [-0.3, -0.25) is 14.6 Å². The fourth-order valence-electron chi connectivity index (χ4n) is 3.93. The molecule has 0 atom stereocenters. The maximum Gasteiger partial charge on any atom is 0.332 e. The number of nitrogens with zero attached hydrogens (tertiary/aromatic N) is 4. The second kappa shape index (κ2) is 9.38. The molecule has 2 aromatic carbocycles. The molecule has 0 aromatic heterocycles. The molecular formula is C22H26N4O6S. The van der Waals surface area contributed by atoms with Crippen molar-refractivity contribution in [1.82, 2.24) is 14.1 Å². The molecule has 0 unspecified atom stereocenters. The minimum Gasteiger partial charge on any atom is -0.497 e. The molecule has 0 N–H and O–H groups in total.